The number of ether oxygens (including phenoxy) is 2. The second-order valence-corrected chi connectivity index (χ2v) is 7.61. The van der Waals surface area contributed by atoms with Gasteiger partial charge in [0.15, 0.2) is 0 Å². The average Bonchev–Trinajstić information content (AvgIpc) is 3.27. The Morgan fingerprint density at radius 2 is 2.27 bits per heavy atom. The summed E-state index contributed by atoms with van der Waals surface area (Å²) in [5.74, 6) is 0.377. The maximum absolute atomic E-state index is 14.3. The van der Waals surface area contributed by atoms with Crippen molar-refractivity contribution in [2.75, 3.05) is 36.9 Å². The largest absolute Gasteiger partial charge is 0.383 e. The molecule has 1 saturated heterocycles. The fourth-order valence-electron chi connectivity index (χ4n) is 4.28. The molecule has 2 aromatic rings. The van der Waals surface area contributed by atoms with Crippen LogP contribution in [0.4, 0.5) is 15.9 Å². The van der Waals surface area contributed by atoms with Crippen molar-refractivity contribution in [1.82, 2.24) is 14.7 Å². The maximum atomic E-state index is 14.3. The number of anilines is 2. The van der Waals surface area contributed by atoms with Crippen molar-refractivity contribution in [1.29, 1.82) is 0 Å². The van der Waals surface area contributed by atoms with Gasteiger partial charge in [0.1, 0.15) is 24.0 Å². The number of carbonyl (C=O) groups excluding carboxylic acids is 1. The van der Waals surface area contributed by atoms with Crippen LogP contribution in [0.1, 0.15) is 13.3 Å². The molecule has 0 spiro atoms. The van der Waals surface area contributed by atoms with Crippen molar-refractivity contribution in [2.45, 2.75) is 31.7 Å². The number of nitrogens with zero attached hydrogens (tertiary/aromatic N) is 3. The number of rotatable bonds is 2. The number of halogens is 1. The van der Waals surface area contributed by atoms with Gasteiger partial charge < -0.3 is 25.0 Å². The van der Waals surface area contributed by atoms with Crippen LogP contribution in [0.5, 0.6) is 0 Å². The zero-order chi connectivity index (χ0) is 20.7. The van der Waals surface area contributed by atoms with Gasteiger partial charge in [-0.15, -0.1) is 0 Å². The van der Waals surface area contributed by atoms with Gasteiger partial charge in [-0.25, -0.2) is 9.07 Å². The van der Waals surface area contributed by atoms with Gasteiger partial charge in [0.25, 0.3) is 5.91 Å². The van der Waals surface area contributed by atoms with Crippen molar-refractivity contribution < 1.29 is 18.7 Å². The van der Waals surface area contributed by atoms with E-state index < -0.39 is 6.10 Å². The lowest BCUT2D eigenvalue weighted by Crippen LogP contribution is -2.41. The third-order valence-electron chi connectivity index (χ3n) is 5.69. The molecule has 30 heavy (non-hydrogen) atoms. The predicted molar refractivity (Wildman–Crippen MR) is 110 cm³/mol. The topological polar surface area (TPSA) is 80.7 Å². The highest BCUT2D eigenvalue weighted by molar-refractivity contribution is 5.84. The Kier molecular flexibility index (Phi) is 4.92. The molecular weight excluding hydrogens is 389 g/mol. The maximum Gasteiger partial charge on any atom is 0.252 e. The molecule has 3 aliphatic rings. The van der Waals surface area contributed by atoms with E-state index in [0.717, 1.165) is 11.4 Å². The van der Waals surface area contributed by atoms with Crippen LogP contribution in [0.15, 0.2) is 30.5 Å². The van der Waals surface area contributed by atoms with Crippen LogP contribution in [0.25, 0.3) is 17.3 Å². The summed E-state index contributed by atoms with van der Waals surface area (Å²) in [6.07, 6.45) is 5.19. The lowest BCUT2D eigenvalue weighted by Gasteiger charge is -2.28. The van der Waals surface area contributed by atoms with E-state index in [-0.39, 0.29) is 24.0 Å². The summed E-state index contributed by atoms with van der Waals surface area (Å²) in [4.78, 5) is 14.6. The Morgan fingerprint density at radius 1 is 1.37 bits per heavy atom. The number of benzene rings is 1. The second kappa shape index (κ2) is 7.73. The lowest BCUT2D eigenvalue weighted by molar-refractivity contribution is -0.138. The molecule has 5 rings (SSSR count). The molecule has 4 heterocycles. The molecule has 1 aromatic heterocycles. The summed E-state index contributed by atoms with van der Waals surface area (Å²) in [5.41, 5.74) is 2.16. The summed E-state index contributed by atoms with van der Waals surface area (Å²) in [5, 5.41) is 10.9. The Hall–Kier alpha value is -2.91. The van der Waals surface area contributed by atoms with Crippen molar-refractivity contribution in [2.24, 2.45) is 0 Å². The predicted octanol–water partition coefficient (Wildman–Crippen LogP) is 2.36. The van der Waals surface area contributed by atoms with E-state index in [1.165, 1.54) is 12.1 Å². The summed E-state index contributed by atoms with van der Waals surface area (Å²) >= 11 is 0. The zero-order valence-corrected chi connectivity index (χ0v) is 16.7. The molecule has 8 nitrogen and oxygen atoms in total. The molecule has 1 amide bonds. The normalized spacial score (nSPS) is 25.3. The van der Waals surface area contributed by atoms with Crippen molar-refractivity contribution >= 4 is 23.6 Å². The quantitative estimate of drug-likeness (QED) is 0.787. The third kappa shape index (κ3) is 3.44. The molecule has 9 heteroatoms. The van der Waals surface area contributed by atoms with Crippen LogP contribution in [-0.2, 0) is 14.3 Å². The fourth-order valence-corrected chi connectivity index (χ4v) is 4.28. The van der Waals surface area contributed by atoms with Crippen molar-refractivity contribution in [3.8, 4) is 11.1 Å². The molecule has 0 aliphatic carbocycles. The molecule has 3 aliphatic heterocycles. The van der Waals surface area contributed by atoms with Crippen LogP contribution >= 0.6 is 0 Å². The van der Waals surface area contributed by atoms with Gasteiger partial charge in [-0.05, 0) is 36.8 Å². The number of nitrogens with one attached hydrogen (secondary N) is 2. The van der Waals surface area contributed by atoms with Crippen LogP contribution in [0.3, 0.4) is 0 Å². The van der Waals surface area contributed by atoms with Crippen LogP contribution in [0, 0.1) is 5.82 Å². The molecule has 1 fully saturated rings. The van der Waals surface area contributed by atoms with E-state index in [9.17, 15) is 9.18 Å². The van der Waals surface area contributed by atoms with Crippen LogP contribution in [0.2, 0.25) is 0 Å². The first-order valence-electron chi connectivity index (χ1n) is 10.2. The molecule has 1 aromatic carbocycles. The zero-order valence-electron chi connectivity index (χ0n) is 16.7. The first kappa shape index (κ1) is 19.1. The highest BCUT2D eigenvalue weighted by atomic mass is 19.1. The van der Waals surface area contributed by atoms with Gasteiger partial charge in [0.2, 0.25) is 0 Å². The Bertz CT molecular complexity index is 991. The first-order chi connectivity index (χ1) is 14.6. The molecule has 4 bridgehead atoms. The number of fused-ring (bicyclic) bond motifs is 5. The van der Waals surface area contributed by atoms with E-state index in [4.69, 9.17) is 9.47 Å². The van der Waals surface area contributed by atoms with E-state index in [1.54, 1.807) is 10.9 Å². The summed E-state index contributed by atoms with van der Waals surface area (Å²) in [6, 6.07) is 4.74. The molecular formula is C21H24FN5O3. The number of aromatic nitrogens is 2. The molecule has 3 atom stereocenters. The van der Waals surface area contributed by atoms with Crippen molar-refractivity contribution in [3.63, 3.8) is 0 Å². The Balaban J connectivity index is 1.49. The molecule has 158 valence electrons. The minimum atomic E-state index is -0.442. The van der Waals surface area contributed by atoms with Gasteiger partial charge >= 0.3 is 0 Å². The SMILES string of the molecule is CCO[C@@H]1C[C@H]2COC3C=Cn4ncc(c4N3)-c3cc(F)cc(c3)NCCN2C1=O. The third-order valence-corrected chi connectivity index (χ3v) is 5.69. The van der Waals surface area contributed by atoms with E-state index in [2.05, 4.69) is 15.7 Å². The van der Waals surface area contributed by atoms with Gasteiger partial charge in [-0.2, -0.15) is 5.10 Å². The van der Waals surface area contributed by atoms with Crippen LogP contribution in [-0.4, -0.2) is 65.3 Å². The number of amides is 1. The van der Waals surface area contributed by atoms with Crippen LogP contribution < -0.4 is 10.6 Å². The number of hydrogen-bond donors (Lipinski definition) is 2. The van der Waals surface area contributed by atoms with Gasteiger partial charge in [-0.1, -0.05) is 0 Å². The van der Waals surface area contributed by atoms with E-state index in [0.29, 0.717) is 44.0 Å². The summed E-state index contributed by atoms with van der Waals surface area (Å²) in [6.45, 7) is 3.75. The Morgan fingerprint density at radius 3 is 3.13 bits per heavy atom. The van der Waals surface area contributed by atoms with Gasteiger partial charge in [-0.3, -0.25) is 4.79 Å². The Labute approximate surface area is 173 Å². The monoisotopic (exact) mass is 413 g/mol. The molecule has 0 saturated carbocycles. The van der Waals surface area contributed by atoms with E-state index in [1.807, 2.05) is 30.2 Å². The fraction of sp³-hybridized carbons (Fsp3) is 0.429. The smallest absolute Gasteiger partial charge is 0.252 e. The van der Waals surface area contributed by atoms with Crippen molar-refractivity contribution in [3.05, 3.63) is 36.3 Å². The number of hydrogen-bond acceptors (Lipinski definition) is 6. The van der Waals surface area contributed by atoms with Gasteiger partial charge in [0.05, 0.1) is 18.8 Å². The minimum absolute atomic E-state index is 0.0215. The molecule has 2 N–H and O–H groups in total. The molecule has 0 radical (unpaired) electrons. The first-order valence-corrected chi connectivity index (χ1v) is 10.2. The highest BCUT2D eigenvalue weighted by Crippen LogP contribution is 2.33. The standard InChI is InChI=1S/C21H24FN5O3/c1-2-29-18-10-16-12-30-19-3-5-27-20(25-19)17(11-24-27)13-7-14(22)9-15(8-13)23-4-6-26(16)21(18)28/h3,5,7-9,11,16,18-19,23,25H,2,4,6,10,12H2,1H3/t16-,18+,19?/m0/s1. The summed E-state index contributed by atoms with van der Waals surface area (Å²) in [7, 11) is 0. The molecule has 1 unspecified atom stereocenters. The van der Waals surface area contributed by atoms with Gasteiger partial charge in [0, 0.05) is 43.6 Å². The summed E-state index contributed by atoms with van der Waals surface area (Å²) < 4.78 is 27.7. The highest BCUT2D eigenvalue weighted by Gasteiger charge is 2.40. The second-order valence-electron chi connectivity index (χ2n) is 7.61. The minimum Gasteiger partial charge on any atom is -0.383 e. The van der Waals surface area contributed by atoms with E-state index >= 15 is 0 Å². The lowest BCUT2D eigenvalue weighted by atomic mass is 10.1. The average molecular weight is 413 g/mol. The number of carbonyl (C=O) groups is 1.